The van der Waals surface area contributed by atoms with E-state index in [1.807, 2.05) is 36.4 Å². The van der Waals surface area contributed by atoms with Crippen LogP contribution in [0.2, 0.25) is 0 Å². The molecule has 3 rings (SSSR count). The zero-order chi connectivity index (χ0) is 30.4. The van der Waals surface area contributed by atoms with Crippen molar-refractivity contribution in [1.29, 1.82) is 0 Å². The number of carbonyl (C=O) groups is 1. The molecule has 0 spiro atoms. The highest BCUT2D eigenvalue weighted by atomic mass is 32.1. The summed E-state index contributed by atoms with van der Waals surface area (Å²) in [4.78, 5) is 19.0. The Balaban J connectivity index is 1.81. The highest BCUT2D eigenvalue weighted by Gasteiger charge is 2.48. The van der Waals surface area contributed by atoms with Crippen molar-refractivity contribution in [1.82, 2.24) is 4.73 Å². The topological polar surface area (TPSA) is 85.2 Å². The Hall–Kier alpha value is -2.91. The molecule has 0 N–H and O–H groups in total. The van der Waals surface area contributed by atoms with Crippen molar-refractivity contribution < 1.29 is 32.5 Å². The molecule has 0 aliphatic heterocycles. The molecule has 0 radical (unpaired) electrons. The molecule has 10 heteroatoms. The first-order valence-corrected chi connectivity index (χ1v) is 16.0. The van der Waals surface area contributed by atoms with Crippen LogP contribution in [0.15, 0.2) is 91.1 Å². The maximum absolute atomic E-state index is 13.5. The number of phosphoric acid groups is 1. The summed E-state index contributed by atoms with van der Waals surface area (Å²) in [6.45, 7) is 5.12. The van der Waals surface area contributed by atoms with Gasteiger partial charge in [-0.15, -0.1) is 0 Å². The Kier molecular flexibility index (Phi) is 13.3. The summed E-state index contributed by atoms with van der Waals surface area (Å²) in [5, 5.41) is 0. The third kappa shape index (κ3) is 9.30. The molecule has 2 unspecified atom stereocenters. The number of nitrogens with zero attached hydrogens (tertiary/aromatic N) is 1. The van der Waals surface area contributed by atoms with Crippen LogP contribution < -0.4 is 4.84 Å². The molecule has 0 saturated carbocycles. The summed E-state index contributed by atoms with van der Waals surface area (Å²) in [6.07, 6.45) is 5.23. The number of hydrogen-bond acceptors (Lipinski definition) is 8. The van der Waals surface area contributed by atoms with Crippen LogP contribution in [0.4, 0.5) is 0 Å². The molecule has 0 amide bonds. The molecule has 2 aromatic carbocycles. The van der Waals surface area contributed by atoms with E-state index in [0.717, 1.165) is 29.5 Å². The smallest absolute Gasteiger partial charge is 0.364 e. The Morgan fingerprint density at radius 3 is 2.02 bits per heavy atom. The van der Waals surface area contributed by atoms with Gasteiger partial charge in [-0.3, -0.25) is 13.6 Å². The SMILES string of the molecule is CCOP(=O)(OCC)OC(CCCCC=C(c1ccccc1)c1ccccc1)C(C)(OC)C(=O)On1ccccc1=S. The molecule has 0 aliphatic carbocycles. The van der Waals surface area contributed by atoms with Gasteiger partial charge in [0.1, 0.15) is 10.7 Å². The van der Waals surface area contributed by atoms with Crippen molar-refractivity contribution in [2.75, 3.05) is 20.3 Å². The van der Waals surface area contributed by atoms with Gasteiger partial charge in [-0.25, -0.2) is 9.36 Å². The van der Waals surface area contributed by atoms with E-state index in [4.69, 9.17) is 35.4 Å². The van der Waals surface area contributed by atoms with Crippen LogP contribution in [0, 0.1) is 4.64 Å². The molecule has 1 heterocycles. The normalized spacial score (nSPS) is 13.6. The van der Waals surface area contributed by atoms with E-state index >= 15 is 0 Å². The predicted octanol–water partition coefficient (Wildman–Crippen LogP) is 7.84. The van der Waals surface area contributed by atoms with E-state index < -0.39 is 25.5 Å². The van der Waals surface area contributed by atoms with Gasteiger partial charge in [-0.2, -0.15) is 4.73 Å². The van der Waals surface area contributed by atoms with Crippen LogP contribution >= 0.6 is 20.0 Å². The van der Waals surface area contributed by atoms with Crippen LogP contribution in [0.1, 0.15) is 57.6 Å². The minimum Gasteiger partial charge on any atom is -0.364 e. The molecular formula is C32H40NO7PS. The van der Waals surface area contributed by atoms with Crippen molar-refractivity contribution in [2.24, 2.45) is 0 Å². The largest absolute Gasteiger partial charge is 0.475 e. The highest BCUT2D eigenvalue weighted by Crippen LogP contribution is 2.52. The molecule has 0 aliphatic rings. The van der Waals surface area contributed by atoms with Gasteiger partial charge in [0.25, 0.3) is 0 Å². The number of carbonyl (C=O) groups excluding carboxylic acids is 1. The van der Waals surface area contributed by atoms with E-state index in [-0.39, 0.29) is 13.2 Å². The summed E-state index contributed by atoms with van der Waals surface area (Å²) in [5.41, 5.74) is 1.76. The number of rotatable bonds is 17. The van der Waals surface area contributed by atoms with Crippen molar-refractivity contribution in [3.05, 3.63) is 107 Å². The average Bonchev–Trinajstić information content (AvgIpc) is 3.00. The van der Waals surface area contributed by atoms with Gasteiger partial charge in [-0.05, 0) is 68.9 Å². The summed E-state index contributed by atoms with van der Waals surface area (Å²) in [5.74, 6) is -0.757. The molecule has 0 bridgehead atoms. The lowest BCUT2D eigenvalue weighted by atomic mass is 9.93. The van der Waals surface area contributed by atoms with Gasteiger partial charge in [0.05, 0.1) is 13.2 Å². The molecular weight excluding hydrogens is 573 g/mol. The molecule has 1 aromatic heterocycles. The van der Waals surface area contributed by atoms with Crippen LogP contribution in [0.3, 0.4) is 0 Å². The molecule has 8 nitrogen and oxygen atoms in total. The van der Waals surface area contributed by atoms with E-state index in [2.05, 4.69) is 30.3 Å². The average molecular weight is 614 g/mol. The maximum atomic E-state index is 13.5. The lowest BCUT2D eigenvalue weighted by Crippen LogP contribution is -2.53. The Labute approximate surface area is 253 Å². The fourth-order valence-corrected chi connectivity index (χ4v) is 6.00. The molecule has 226 valence electrons. The summed E-state index contributed by atoms with van der Waals surface area (Å²) in [6, 6.07) is 25.5. The van der Waals surface area contributed by atoms with Gasteiger partial charge in [0.15, 0.2) is 5.60 Å². The quantitative estimate of drug-likeness (QED) is 0.0865. The van der Waals surface area contributed by atoms with Gasteiger partial charge >= 0.3 is 13.8 Å². The van der Waals surface area contributed by atoms with Crippen LogP contribution in [0.25, 0.3) is 5.57 Å². The van der Waals surface area contributed by atoms with Crippen molar-refractivity contribution >= 4 is 31.6 Å². The van der Waals surface area contributed by atoms with Crippen LogP contribution in [-0.4, -0.2) is 42.7 Å². The van der Waals surface area contributed by atoms with E-state index in [1.165, 1.54) is 25.0 Å². The summed E-state index contributed by atoms with van der Waals surface area (Å²) in [7, 11) is -2.62. The molecule has 3 aromatic rings. The third-order valence-corrected chi connectivity index (χ3v) is 8.66. The first-order chi connectivity index (χ1) is 20.3. The third-order valence-electron chi connectivity index (χ3n) is 6.68. The van der Waals surface area contributed by atoms with Crippen molar-refractivity contribution in [3.63, 3.8) is 0 Å². The second kappa shape index (κ2) is 16.7. The second-order valence-corrected chi connectivity index (χ2v) is 11.6. The lowest BCUT2D eigenvalue weighted by molar-refractivity contribution is -0.181. The minimum absolute atomic E-state index is 0.101. The van der Waals surface area contributed by atoms with Crippen LogP contribution in [-0.2, 0) is 27.7 Å². The van der Waals surface area contributed by atoms with Crippen molar-refractivity contribution in [2.45, 2.75) is 58.2 Å². The maximum Gasteiger partial charge on any atom is 0.475 e. The standard InChI is InChI=1S/C32H40NO7PS/c1-5-37-41(35,38-6-2)40-29(32(3,36-4)31(34)39-33-25-17-16-24-30(33)42)23-15-9-14-22-28(26-18-10-7-11-19-26)27-20-12-8-13-21-27/h7-8,10-13,16-22,24-25,29H,5-6,9,14-15,23H2,1-4H3. The number of aromatic nitrogens is 1. The van der Waals surface area contributed by atoms with Gasteiger partial charge in [0, 0.05) is 13.3 Å². The van der Waals surface area contributed by atoms with Crippen LogP contribution in [0.5, 0.6) is 0 Å². The number of pyridine rings is 1. The van der Waals surface area contributed by atoms with Gasteiger partial charge in [-0.1, -0.05) is 91.4 Å². The number of unbranched alkanes of at least 4 members (excludes halogenated alkanes) is 2. The highest BCUT2D eigenvalue weighted by molar-refractivity contribution is 7.71. The molecule has 0 saturated heterocycles. The van der Waals surface area contributed by atoms with E-state index in [0.29, 0.717) is 17.5 Å². The fourth-order valence-electron chi connectivity index (χ4n) is 4.37. The van der Waals surface area contributed by atoms with E-state index in [1.54, 1.807) is 32.0 Å². The number of allylic oxidation sites excluding steroid dienone is 1. The Bertz CT molecular complexity index is 1340. The summed E-state index contributed by atoms with van der Waals surface area (Å²) < 4.78 is 37.3. The van der Waals surface area contributed by atoms with Crippen molar-refractivity contribution in [3.8, 4) is 0 Å². The number of ether oxygens (including phenoxy) is 1. The molecule has 0 fully saturated rings. The minimum atomic E-state index is -4.00. The zero-order valence-corrected chi connectivity index (χ0v) is 26.4. The zero-order valence-electron chi connectivity index (χ0n) is 24.6. The number of benzene rings is 2. The van der Waals surface area contributed by atoms with Gasteiger partial charge in [0.2, 0.25) is 0 Å². The number of phosphoric ester groups is 1. The first kappa shape index (κ1) is 33.6. The van der Waals surface area contributed by atoms with Gasteiger partial charge < -0.3 is 9.57 Å². The second-order valence-electron chi connectivity index (χ2n) is 9.57. The number of hydrogen-bond donors (Lipinski definition) is 0. The summed E-state index contributed by atoms with van der Waals surface area (Å²) >= 11 is 5.27. The Morgan fingerprint density at radius 2 is 1.50 bits per heavy atom. The first-order valence-electron chi connectivity index (χ1n) is 14.1. The Morgan fingerprint density at radius 1 is 0.929 bits per heavy atom. The number of methoxy groups -OCH3 is 1. The monoisotopic (exact) mass is 613 g/mol. The van der Waals surface area contributed by atoms with E-state index in [9.17, 15) is 9.36 Å². The molecule has 42 heavy (non-hydrogen) atoms. The lowest BCUT2D eigenvalue weighted by Gasteiger charge is -2.35. The fraction of sp³-hybridized carbons (Fsp3) is 0.375. The molecule has 2 atom stereocenters. The predicted molar refractivity (Wildman–Crippen MR) is 166 cm³/mol.